The molecule has 2 aromatic rings. The Bertz CT molecular complexity index is 539. The van der Waals surface area contributed by atoms with Crippen molar-refractivity contribution in [2.75, 3.05) is 11.9 Å². The third-order valence-corrected chi connectivity index (χ3v) is 3.60. The van der Waals surface area contributed by atoms with Crippen molar-refractivity contribution in [1.82, 2.24) is 15.0 Å². The average Bonchev–Trinajstić information content (AvgIpc) is 2.84. The lowest BCUT2D eigenvalue weighted by Gasteiger charge is -2.10. The maximum absolute atomic E-state index is 11.2. The molecule has 0 fully saturated rings. The lowest BCUT2D eigenvalue weighted by Crippen LogP contribution is -2.15. The molecule has 90 valence electrons. The molecule has 1 unspecified atom stereocenters. The third kappa shape index (κ3) is 2.83. The molecule has 0 aromatic carbocycles. The summed E-state index contributed by atoms with van der Waals surface area (Å²) in [7, 11) is 0. The van der Waals surface area contributed by atoms with Gasteiger partial charge in [0.05, 0.1) is 11.3 Å². The van der Waals surface area contributed by atoms with Gasteiger partial charge in [0.25, 0.3) is 5.56 Å². The first-order valence-corrected chi connectivity index (χ1v) is 6.30. The Morgan fingerprint density at radius 2 is 2.41 bits per heavy atom. The highest BCUT2D eigenvalue weighted by Gasteiger charge is 2.10. The van der Waals surface area contributed by atoms with Crippen LogP contribution in [0.15, 0.2) is 22.7 Å². The van der Waals surface area contributed by atoms with Crippen LogP contribution in [0.5, 0.6) is 0 Å². The summed E-state index contributed by atoms with van der Waals surface area (Å²) in [6, 6.07) is 0. The predicted molar refractivity (Wildman–Crippen MR) is 68.9 cm³/mol. The Kier molecular flexibility index (Phi) is 3.75. The number of thiazole rings is 1. The molecule has 0 radical (unpaired) electrons. The molecule has 1 atom stereocenters. The lowest BCUT2D eigenvalue weighted by atomic mass is 10.2. The van der Waals surface area contributed by atoms with E-state index in [-0.39, 0.29) is 16.5 Å². The minimum Gasteiger partial charge on any atom is -0.368 e. The van der Waals surface area contributed by atoms with Crippen molar-refractivity contribution >= 4 is 28.8 Å². The van der Waals surface area contributed by atoms with Gasteiger partial charge >= 0.3 is 0 Å². The molecule has 2 aromatic heterocycles. The minimum absolute atomic E-state index is 0.0823. The number of anilines is 1. The Morgan fingerprint density at radius 3 is 3.12 bits per heavy atom. The Morgan fingerprint density at radius 1 is 1.59 bits per heavy atom. The number of H-pyrrole nitrogens is 1. The summed E-state index contributed by atoms with van der Waals surface area (Å²) in [6.07, 6.45) is 3.10. The van der Waals surface area contributed by atoms with Gasteiger partial charge in [0.15, 0.2) is 5.82 Å². The fourth-order valence-electron chi connectivity index (χ4n) is 1.32. The average molecular weight is 271 g/mol. The Hall–Kier alpha value is -1.40. The summed E-state index contributed by atoms with van der Waals surface area (Å²) in [6.45, 7) is 2.68. The molecule has 5 nitrogen and oxygen atoms in total. The van der Waals surface area contributed by atoms with Gasteiger partial charge in [-0.3, -0.25) is 4.79 Å². The predicted octanol–water partition coefficient (Wildman–Crippen LogP) is 2.10. The molecule has 7 heteroatoms. The van der Waals surface area contributed by atoms with E-state index >= 15 is 0 Å². The van der Waals surface area contributed by atoms with Crippen LogP contribution in [-0.4, -0.2) is 21.5 Å². The van der Waals surface area contributed by atoms with E-state index in [2.05, 4.69) is 20.3 Å². The molecule has 0 aliphatic rings. The monoisotopic (exact) mass is 270 g/mol. The van der Waals surface area contributed by atoms with E-state index in [1.54, 1.807) is 17.5 Å². The van der Waals surface area contributed by atoms with Gasteiger partial charge in [-0.05, 0) is 0 Å². The van der Waals surface area contributed by atoms with Crippen molar-refractivity contribution < 1.29 is 0 Å². The largest absolute Gasteiger partial charge is 0.368 e. The number of halogens is 1. The molecule has 0 saturated carbocycles. The first kappa shape index (κ1) is 12.1. The van der Waals surface area contributed by atoms with E-state index in [9.17, 15) is 4.79 Å². The van der Waals surface area contributed by atoms with Crippen molar-refractivity contribution in [3.63, 3.8) is 0 Å². The summed E-state index contributed by atoms with van der Waals surface area (Å²) >= 11 is 7.42. The number of aromatic amines is 1. The van der Waals surface area contributed by atoms with Crippen LogP contribution in [0, 0.1) is 0 Å². The van der Waals surface area contributed by atoms with E-state index in [1.165, 1.54) is 6.33 Å². The lowest BCUT2D eigenvalue weighted by molar-refractivity contribution is 0.791. The number of nitrogens with zero attached hydrogens (tertiary/aromatic N) is 2. The fourth-order valence-corrected chi connectivity index (χ4v) is 2.19. The molecule has 0 aliphatic carbocycles. The van der Waals surface area contributed by atoms with Crippen molar-refractivity contribution in [2.24, 2.45) is 0 Å². The molecule has 0 spiro atoms. The van der Waals surface area contributed by atoms with Gasteiger partial charge in [-0.15, -0.1) is 11.3 Å². The molecule has 0 amide bonds. The minimum atomic E-state index is -0.342. The second kappa shape index (κ2) is 5.29. The van der Waals surface area contributed by atoms with Gasteiger partial charge < -0.3 is 10.3 Å². The molecular weight excluding hydrogens is 260 g/mol. The molecular formula is C10H11ClN4OS. The van der Waals surface area contributed by atoms with E-state index in [0.717, 1.165) is 5.01 Å². The zero-order valence-corrected chi connectivity index (χ0v) is 10.7. The van der Waals surface area contributed by atoms with Gasteiger partial charge in [0.1, 0.15) is 5.02 Å². The number of hydrogen-bond acceptors (Lipinski definition) is 5. The van der Waals surface area contributed by atoms with Gasteiger partial charge in [0, 0.05) is 24.0 Å². The Labute approximate surface area is 107 Å². The van der Waals surface area contributed by atoms with Crippen molar-refractivity contribution in [2.45, 2.75) is 12.8 Å². The summed E-state index contributed by atoms with van der Waals surface area (Å²) in [5, 5.41) is 6.10. The number of hydrogen-bond donors (Lipinski definition) is 2. The van der Waals surface area contributed by atoms with Crippen molar-refractivity contribution in [1.29, 1.82) is 0 Å². The smallest absolute Gasteiger partial charge is 0.271 e. The number of nitrogens with one attached hydrogen (secondary N) is 2. The van der Waals surface area contributed by atoms with Crippen molar-refractivity contribution in [3.8, 4) is 0 Å². The van der Waals surface area contributed by atoms with Gasteiger partial charge in [-0.25, -0.2) is 9.97 Å². The molecule has 17 heavy (non-hydrogen) atoms. The van der Waals surface area contributed by atoms with Gasteiger partial charge in [-0.1, -0.05) is 18.5 Å². The molecule has 2 rings (SSSR count). The van der Waals surface area contributed by atoms with Crippen LogP contribution in [0.3, 0.4) is 0 Å². The SMILES string of the molecule is CC(CNc1nc[nH]c(=O)c1Cl)c1nccs1. The number of aromatic nitrogens is 3. The number of rotatable bonds is 4. The Balaban J connectivity index is 2.03. The molecule has 0 saturated heterocycles. The second-order valence-electron chi connectivity index (χ2n) is 3.55. The van der Waals surface area contributed by atoms with Crippen LogP contribution in [0.2, 0.25) is 5.02 Å². The topological polar surface area (TPSA) is 70.7 Å². The van der Waals surface area contributed by atoms with Crippen LogP contribution in [0.1, 0.15) is 17.8 Å². The molecule has 0 aliphatic heterocycles. The summed E-state index contributed by atoms with van der Waals surface area (Å²) < 4.78 is 0. The maximum Gasteiger partial charge on any atom is 0.271 e. The third-order valence-electron chi connectivity index (χ3n) is 2.25. The zero-order valence-electron chi connectivity index (χ0n) is 9.11. The first-order chi connectivity index (χ1) is 8.18. The highest BCUT2D eigenvalue weighted by atomic mass is 35.5. The highest BCUT2D eigenvalue weighted by molar-refractivity contribution is 7.09. The van der Waals surface area contributed by atoms with Crippen LogP contribution in [0.4, 0.5) is 5.82 Å². The standard InChI is InChI=1S/C10H11ClN4OS/c1-6(10-12-2-3-17-10)4-13-8-7(11)9(16)15-5-14-8/h2-3,5-6H,4H2,1H3,(H2,13,14,15,16). The second-order valence-corrected chi connectivity index (χ2v) is 4.85. The normalized spacial score (nSPS) is 12.4. The van der Waals surface area contributed by atoms with E-state index in [1.807, 2.05) is 12.3 Å². The quantitative estimate of drug-likeness (QED) is 0.893. The summed E-state index contributed by atoms with van der Waals surface area (Å²) in [4.78, 5) is 21.8. The van der Waals surface area contributed by atoms with Gasteiger partial charge in [0.2, 0.25) is 0 Å². The van der Waals surface area contributed by atoms with E-state index in [0.29, 0.717) is 12.4 Å². The maximum atomic E-state index is 11.2. The van der Waals surface area contributed by atoms with Crippen LogP contribution in [0.25, 0.3) is 0 Å². The van der Waals surface area contributed by atoms with E-state index in [4.69, 9.17) is 11.6 Å². The molecule has 2 heterocycles. The molecule has 2 N–H and O–H groups in total. The summed E-state index contributed by atoms with van der Waals surface area (Å²) in [5.74, 6) is 0.644. The summed E-state index contributed by atoms with van der Waals surface area (Å²) in [5.41, 5.74) is -0.342. The van der Waals surface area contributed by atoms with E-state index < -0.39 is 0 Å². The van der Waals surface area contributed by atoms with Gasteiger partial charge in [-0.2, -0.15) is 0 Å². The van der Waals surface area contributed by atoms with Crippen molar-refractivity contribution in [3.05, 3.63) is 38.3 Å². The van der Waals surface area contributed by atoms with Crippen LogP contribution < -0.4 is 10.9 Å². The first-order valence-electron chi connectivity index (χ1n) is 5.05. The molecule has 0 bridgehead atoms. The van der Waals surface area contributed by atoms with Crippen LogP contribution in [-0.2, 0) is 0 Å². The highest BCUT2D eigenvalue weighted by Crippen LogP contribution is 2.19. The van der Waals surface area contributed by atoms with Crippen LogP contribution >= 0.6 is 22.9 Å². The zero-order chi connectivity index (χ0) is 12.3. The fraction of sp³-hybridized carbons (Fsp3) is 0.300.